The van der Waals surface area contributed by atoms with E-state index in [0.29, 0.717) is 54.1 Å². The summed E-state index contributed by atoms with van der Waals surface area (Å²) in [7, 11) is 0. The standard InChI is InChI=1S/C28H32Cl2N4O4/c1-17(37-25-8-5-18(12-31)13-32-25)21-15-34(16-22(21)19-6-7-23(29)24(30)11-19)26(35)20-9-10-33(14-20)27(36)38-28(2,3)4/h5-8,11,13,17,20-22H,9-10,14-16H2,1-4H3/t17-,20?,21?,22?/m0/s1. The van der Waals surface area contributed by atoms with E-state index in [1.165, 1.54) is 6.20 Å². The first-order valence-corrected chi connectivity index (χ1v) is 13.4. The summed E-state index contributed by atoms with van der Waals surface area (Å²) < 4.78 is 11.7. The van der Waals surface area contributed by atoms with Crippen molar-refractivity contribution < 1.29 is 19.1 Å². The molecule has 2 amide bonds. The fourth-order valence-corrected chi connectivity index (χ4v) is 5.39. The Bertz CT molecular complexity index is 1220. The monoisotopic (exact) mass is 558 g/mol. The van der Waals surface area contributed by atoms with Gasteiger partial charge in [0.05, 0.1) is 21.5 Å². The van der Waals surface area contributed by atoms with Crippen molar-refractivity contribution in [2.75, 3.05) is 26.2 Å². The van der Waals surface area contributed by atoms with Crippen LogP contribution in [0.2, 0.25) is 10.0 Å². The summed E-state index contributed by atoms with van der Waals surface area (Å²) >= 11 is 12.5. The number of carbonyl (C=O) groups is 2. The molecular formula is C28H32Cl2N4O4. The van der Waals surface area contributed by atoms with Gasteiger partial charge in [-0.1, -0.05) is 29.3 Å². The topological polar surface area (TPSA) is 95.8 Å². The summed E-state index contributed by atoms with van der Waals surface area (Å²) in [5.74, 6) is 0.0693. The predicted molar refractivity (Wildman–Crippen MR) is 144 cm³/mol. The Morgan fingerprint density at radius 1 is 1.11 bits per heavy atom. The maximum atomic E-state index is 13.6. The van der Waals surface area contributed by atoms with Gasteiger partial charge in [0.25, 0.3) is 0 Å². The zero-order chi connectivity index (χ0) is 27.6. The van der Waals surface area contributed by atoms with E-state index >= 15 is 0 Å². The second-order valence-corrected chi connectivity index (χ2v) is 11.7. The van der Waals surface area contributed by atoms with E-state index in [1.807, 2.05) is 50.8 Å². The minimum atomic E-state index is -0.589. The van der Waals surface area contributed by atoms with Crippen molar-refractivity contribution in [3.05, 3.63) is 57.7 Å². The van der Waals surface area contributed by atoms with Crippen LogP contribution in [-0.2, 0) is 9.53 Å². The van der Waals surface area contributed by atoms with Crippen LogP contribution < -0.4 is 4.74 Å². The molecule has 3 unspecified atom stereocenters. The molecule has 3 heterocycles. The predicted octanol–water partition coefficient (Wildman–Crippen LogP) is 5.53. The zero-order valence-electron chi connectivity index (χ0n) is 22.0. The number of rotatable bonds is 5. The molecule has 38 heavy (non-hydrogen) atoms. The lowest BCUT2D eigenvalue weighted by Gasteiger charge is -2.26. The zero-order valence-corrected chi connectivity index (χ0v) is 23.5. The molecule has 4 atom stereocenters. The number of hydrogen-bond acceptors (Lipinski definition) is 6. The number of likely N-dealkylation sites (tertiary alicyclic amines) is 2. The summed E-state index contributed by atoms with van der Waals surface area (Å²) in [5.41, 5.74) is 0.840. The molecular weight excluding hydrogens is 527 g/mol. The van der Waals surface area contributed by atoms with Gasteiger partial charge in [0, 0.05) is 50.3 Å². The number of aromatic nitrogens is 1. The van der Waals surface area contributed by atoms with Crippen LogP contribution in [0.3, 0.4) is 0 Å². The van der Waals surface area contributed by atoms with E-state index in [4.69, 9.17) is 37.9 Å². The first-order chi connectivity index (χ1) is 17.9. The molecule has 0 saturated carbocycles. The molecule has 8 nitrogen and oxygen atoms in total. The van der Waals surface area contributed by atoms with Gasteiger partial charge < -0.3 is 19.3 Å². The quantitative estimate of drug-likeness (QED) is 0.478. The number of carbonyl (C=O) groups excluding carboxylic acids is 2. The van der Waals surface area contributed by atoms with E-state index in [-0.39, 0.29) is 29.8 Å². The van der Waals surface area contributed by atoms with Crippen LogP contribution in [0.25, 0.3) is 0 Å². The van der Waals surface area contributed by atoms with Crippen LogP contribution in [-0.4, -0.2) is 64.7 Å². The van der Waals surface area contributed by atoms with Crippen molar-refractivity contribution in [1.82, 2.24) is 14.8 Å². The number of hydrogen-bond donors (Lipinski definition) is 0. The van der Waals surface area contributed by atoms with Gasteiger partial charge in [-0.25, -0.2) is 9.78 Å². The van der Waals surface area contributed by atoms with E-state index in [0.717, 1.165) is 5.56 Å². The van der Waals surface area contributed by atoms with Crippen LogP contribution in [0, 0.1) is 23.2 Å². The minimum Gasteiger partial charge on any atom is -0.474 e. The van der Waals surface area contributed by atoms with Crippen molar-refractivity contribution in [1.29, 1.82) is 5.26 Å². The molecule has 0 aliphatic carbocycles. The van der Waals surface area contributed by atoms with Crippen LogP contribution >= 0.6 is 23.2 Å². The number of nitrogens with zero attached hydrogens (tertiary/aromatic N) is 4. The number of pyridine rings is 1. The second-order valence-electron chi connectivity index (χ2n) is 10.9. The van der Waals surface area contributed by atoms with E-state index in [9.17, 15) is 9.59 Å². The maximum Gasteiger partial charge on any atom is 0.410 e. The second kappa shape index (κ2) is 11.4. The van der Waals surface area contributed by atoms with Gasteiger partial charge in [0.1, 0.15) is 17.8 Å². The molecule has 10 heteroatoms. The molecule has 2 aromatic rings. The molecule has 0 N–H and O–H groups in total. The first kappa shape index (κ1) is 28.0. The first-order valence-electron chi connectivity index (χ1n) is 12.7. The lowest BCUT2D eigenvalue weighted by Crippen LogP contribution is -2.39. The van der Waals surface area contributed by atoms with Crippen molar-refractivity contribution in [3.8, 4) is 11.9 Å². The van der Waals surface area contributed by atoms with Crippen molar-refractivity contribution in [2.45, 2.75) is 51.7 Å². The summed E-state index contributed by atoms with van der Waals surface area (Å²) in [4.78, 5) is 33.8. The molecule has 2 saturated heterocycles. The van der Waals surface area contributed by atoms with E-state index in [1.54, 1.807) is 23.1 Å². The summed E-state index contributed by atoms with van der Waals surface area (Å²) in [6, 6.07) is 10.9. The highest BCUT2D eigenvalue weighted by molar-refractivity contribution is 6.42. The van der Waals surface area contributed by atoms with Crippen molar-refractivity contribution in [2.24, 2.45) is 11.8 Å². The number of benzene rings is 1. The Balaban J connectivity index is 1.50. The Labute approximate surface area is 233 Å². The molecule has 1 aromatic carbocycles. The fourth-order valence-electron chi connectivity index (χ4n) is 5.09. The van der Waals surface area contributed by atoms with E-state index < -0.39 is 11.7 Å². The molecule has 0 radical (unpaired) electrons. The van der Waals surface area contributed by atoms with Gasteiger partial charge >= 0.3 is 6.09 Å². The number of amides is 2. The van der Waals surface area contributed by atoms with Gasteiger partial charge in [0.2, 0.25) is 11.8 Å². The Hall–Kier alpha value is -3.02. The number of ether oxygens (including phenoxy) is 2. The third-order valence-corrected chi connectivity index (χ3v) is 7.75. The Kier molecular flexibility index (Phi) is 8.39. The molecule has 0 bridgehead atoms. The third kappa shape index (κ3) is 6.51. The summed E-state index contributed by atoms with van der Waals surface area (Å²) in [6.07, 6.45) is 1.39. The Morgan fingerprint density at radius 2 is 1.87 bits per heavy atom. The number of nitriles is 1. The molecule has 1 aromatic heterocycles. The highest BCUT2D eigenvalue weighted by Gasteiger charge is 2.43. The third-order valence-electron chi connectivity index (χ3n) is 7.01. The average molecular weight is 559 g/mol. The van der Waals surface area contributed by atoms with Crippen molar-refractivity contribution >= 4 is 35.2 Å². The highest BCUT2D eigenvalue weighted by atomic mass is 35.5. The summed E-state index contributed by atoms with van der Waals surface area (Å²) in [5, 5.41) is 9.96. The fraction of sp³-hybridized carbons (Fsp3) is 0.500. The smallest absolute Gasteiger partial charge is 0.410 e. The lowest BCUT2D eigenvalue weighted by molar-refractivity contribution is -0.134. The molecule has 2 fully saturated rings. The Morgan fingerprint density at radius 3 is 2.50 bits per heavy atom. The van der Waals surface area contributed by atoms with Crippen LogP contribution in [0.15, 0.2) is 36.5 Å². The minimum absolute atomic E-state index is 0.0207. The normalized spacial score (nSPS) is 22.2. The summed E-state index contributed by atoms with van der Waals surface area (Å²) in [6.45, 7) is 9.26. The van der Waals surface area contributed by atoms with Crippen LogP contribution in [0.5, 0.6) is 5.88 Å². The van der Waals surface area contributed by atoms with Crippen molar-refractivity contribution in [3.63, 3.8) is 0 Å². The van der Waals surface area contributed by atoms with Crippen LogP contribution in [0.4, 0.5) is 4.79 Å². The van der Waals surface area contributed by atoms with Gasteiger partial charge in [-0.15, -0.1) is 0 Å². The molecule has 0 spiro atoms. The molecule has 2 aliphatic rings. The van der Waals surface area contributed by atoms with Gasteiger partial charge in [0.15, 0.2) is 0 Å². The van der Waals surface area contributed by atoms with Gasteiger partial charge in [-0.3, -0.25) is 4.79 Å². The lowest BCUT2D eigenvalue weighted by atomic mass is 9.86. The van der Waals surface area contributed by atoms with Gasteiger partial charge in [-0.2, -0.15) is 5.26 Å². The van der Waals surface area contributed by atoms with Crippen LogP contribution in [0.1, 0.15) is 51.2 Å². The largest absolute Gasteiger partial charge is 0.474 e. The molecule has 2 aliphatic heterocycles. The van der Waals surface area contributed by atoms with E-state index in [2.05, 4.69) is 4.98 Å². The number of halogens is 2. The highest BCUT2D eigenvalue weighted by Crippen LogP contribution is 2.39. The molecule has 4 rings (SSSR count). The maximum absolute atomic E-state index is 13.6. The molecule has 202 valence electrons. The SMILES string of the molecule is C[C@H](Oc1ccc(C#N)cn1)C1CN(C(=O)C2CCN(C(=O)OC(C)(C)C)C2)CC1c1ccc(Cl)c(Cl)c1. The average Bonchev–Trinajstić information content (AvgIpc) is 3.53. The van der Waals surface area contributed by atoms with Gasteiger partial charge in [-0.05, 0) is 57.9 Å².